The van der Waals surface area contributed by atoms with Crippen LogP contribution in [0.2, 0.25) is 0 Å². The summed E-state index contributed by atoms with van der Waals surface area (Å²) in [6.07, 6.45) is 0. The van der Waals surface area contributed by atoms with Crippen LogP contribution >= 0.6 is 0 Å². The Morgan fingerprint density at radius 3 is 1.12 bits per heavy atom. The molecule has 0 unspecified atom stereocenters. The molecule has 0 aliphatic carbocycles. The van der Waals surface area contributed by atoms with Crippen LogP contribution in [0.4, 0.5) is 0 Å². The van der Waals surface area contributed by atoms with Crippen molar-refractivity contribution in [3.63, 3.8) is 0 Å². The summed E-state index contributed by atoms with van der Waals surface area (Å²) in [6.45, 7) is 0. The Bertz CT molecular complexity index is 99.2. The van der Waals surface area contributed by atoms with Crippen LogP contribution in [-0.2, 0) is 38.3 Å². The third kappa shape index (κ3) is 82.1. The van der Waals surface area contributed by atoms with Gasteiger partial charge in [-0.2, -0.15) is 0 Å². The molecule has 0 saturated heterocycles. The van der Waals surface area contributed by atoms with Crippen molar-refractivity contribution < 1.29 is 46.6 Å². The van der Waals surface area contributed by atoms with Gasteiger partial charge in [-0.3, -0.25) is 0 Å². The van der Waals surface area contributed by atoms with Gasteiger partial charge in [0.15, 0.2) is 0 Å². The first-order valence-corrected chi connectivity index (χ1v) is 2.88. The van der Waals surface area contributed by atoms with Gasteiger partial charge in [0.05, 0.1) is 0 Å². The van der Waals surface area contributed by atoms with Crippen molar-refractivity contribution >= 4 is 52.6 Å². The van der Waals surface area contributed by atoms with Gasteiger partial charge in [-0.05, 0) is 0 Å². The molecule has 0 saturated carbocycles. The molecule has 2 N–H and O–H groups in total. The van der Waals surface area contributed by atoms with Crippen LogP contribution in [0.5, 0.6) is 0 Å². The molecule has 46 valence electrons. The van der Waals surface area contributed by atoms with Gasteiger partial charge in [0.1, 0.15) is 0 Å². The van der Waals surface area contributed by atoms with E-state index in [4.69, 9.17) is 15.9 Å². The standard InChI is InChI=1S/Cr.Fe.Mg.Na.2H2O.2O.3H/h;;;;2*1H2;;;;;/q+2;;;;;;;;;;/p-2. The molecular weight excluding hydrogens is 219 g/mol. The van der Waals surface area contributed by atoms with Crippen molar-refractivity contribution in [1.82, 2.24) is 0 Å². The molecule has 0 aliphatic rings. The van der Waals surface area contributed by atoms with E-state index in [1.54, 1.807) is 0 Å². The summed E-state index contributed by atoms with van der Waals surface area (Å²) < 4.78 is 31.9. The molecule has 0 aromatic heterocycles. The summed E-state index contributed by atoms with van der Waals surface area (Å²) in [7, 11) is 0. The van der Waals surface area contributed by atoms with Crippen molar-refractivity contribution in [2.24, 2.45) is 0 Å². The first-order chi connectivity index (χ1) is 2.00. The van der Waals surface area contributed by atoms with Gasteiger partial charge in [0.2, 0.25) is 0 Å². The Labute approximate surface area is 97.7 Å². The van der Waals surface area contributed by atoms with E-state index in [1.807, 2.05) is 0 Å². The molecule has 8 heteroatoms. The predicted molar refractivity (Wildman–Crippen MR) is 21.5 cm³/mol. The summed E-state index contributed by atoms with van der Waals surface area (Å²) >= 11 is -5.25. The average Bonchev–Trinajstić information content (AvgIpc) is 0.722. The van der Waals surface area contributed by atoms with Crippen molar-refractivity contribution in [3.8, 4) is 0 Å². The zero-order valence-electron chi connectivity index (χ0n) is 2.47. The van der Waals surface area contributed by atoms with Gasteiger partial charge in [-0.25, -0.2) is 0 Å². The molecule has 0 aromatic rings. The maximum atomic E-state index is 8.82. The molecule has 0 heterocycles. The number of hydrogen-bond donors (Lipinski definition) is 2. The van der Waals surface area contributed by atoms with Crippen LogP contribution in [-0.4, -0.2) is 60.9 Å². The second-order valence-electron chi connectivity index (χ2n) is 0.448. The molecule has 0 amide bonds. The van der Waals surface area contributed by atoms with E-state index in [9.17, 15) is 0 Å². The zero-order valence-corrected chi connectivity index (χ0v) is 4.85. The fraction of sp³-hybridized carbons (Fsp3) is 0. The molecule has 4 nitrogen and oxygen atoms in total. The average molecular weight is 224 g/mol. The van der Waals surface area contributed by atoms with E-state index >= 15 is 0 Å². The van der Waals surface area contributed by atoms with Crippen LogP contribution in [0.1, 0.15) is 0 Å². The Hall–Kier alpha value is 2.34. The van der Waals surface area contributed by atoms with Gasteiger partial charge < -0.3 is 0 Å². The van der Waals surface area contributed by atoms with Crippen molar-refractivity contribution in [2.75, 3.05) is 0 Å². The van der Waals surface area contributed by atoms with Crippen molar-refractivity contribution in [2.45, 2.75) is 0 Å². The summed E-state index contributed by atoms with van der Waals surface area (Å²) in [5.74, 6) is 0. The maximum absolute atomic E-state index is 8.82. The van der Waals surface area contributed by atoms with Gasteiger partial charge in [-0.1, -0.05) is 0 Å². The Morgan fingerprint density at radius 1 is 1.12 bits per heavy atom. The van der Waals surface area contributed by atoms with Gasteiger partial charge >= 0.3 is 82.1 Å². The SMILES string of the molecule is [Fe].[MgH2].[NaH].[O]=[Cr](=[O])([OH])[OH]. The molecule has 0 aromatic carbocycles. The molecule has 0 fully saturated rings. The third-order valence-corrected chi connectivity index (χ3v) is 0. The molecule has 8 heavy (non-hydrogen) atoms. The first kappa shape index (κ1) is 22.4. The van der Waals surface area contributed by atoms with E-state index in [-0.39, 0.29) is 69.7 Å². The molecule has 0 rings (SSSR count). The molecular formula is H5CrFeMgNaO4. The predicted octanol–water partition coefficient (Wildman–Crippen LogP) is -2.92. The first-order valence-electron chi connectivity index (χ1n) is 0.698. The monoisotopic (exact) mass is 224 g/mol. The van der Waals surface area contributed by atoms with Crippen molar-refractivity contribution in [3.05, 3.63) is 0 Å². The van der Waals surface area contributed by atoms with E-state index in [1.165, 1.54) is 0 Å². The molecule has 0 spiro atoms. The second-order valence-corrected chi connectivity index (χ2v) is 1.85. The number of rotatable bonds is 0. The summed E-state index contributed by atoms with van der Waals surface area (Å²) in [6, 6.07) is 0. The van der Waals surface area contributed by atoms with E-state index in [2.05, 4.69) is 0 Å². The van der Waals surface area contributed by atoms with E-state index in [0.717, 1.165) is 0 Å². The fourth-order valence-electron chi connectivity index (χ4n) is 0. The van der Waals surface area contributed by atoms with Crippen LogP contribution in [0.3, 0.4) is 0 Å². The summed E-state index contributed by atoms with van der Waals surface area (Å²) in [5.41, 5.74) is 0. The van der Waals surface area contributed by atoms with Crippen LogP contribution in [0.15, 0.2) is 0 Å². The topological polar surface area (TPSA) is 74.6 Å². The third-order valence-electron chi connectivity index (χ3n) is 0. The van der Waals surface area contributed by atoms with Crippen LogP contribution in [0, 0.1) is 0 Å². The quantitative estimate of drug-likeness (QED) is 0.432. The Kier molecular flexibility index (Phi) is 26.2. The molecule has 0 bridgehead atoms. The second kappa shape index (κ2) is 9.34. The van der Waals surface area contributed by atoms with Gasteiger partial charge in [-0.15, -0.1) is 0 Å². The van der Waals surface area contributed by atoms with Gasteiger partial charge in [0.25, 0.3) is 0 Å². The van der Waals surface area contributed by atoms with Crippen molar-refractivity contribution in [1.29, 1.82) is 0 Å². The molecule has 0 atom stereocenters. The summed E-state index contributed by atoms with van der Waals surface area (Å²) in [5, 5.41) is 0. The number of hydrogen-bond acceptors (Lipinski definition) is 2. The Morgan fingerprint density at radius 2 is 1.12 bits per heavy atom. The molecule has 0 aliphatic heterocycles. The van der Waals surface area contributed by atoms with E-state index < -0.39 is 13.6 Å². The normalized spacial score (nSPS) is 7.25. The van der Waals surface area contributed by atoms with Crippen LogP contribution in [0.25, 0.3) is 0 Å². The van der Waals surface area contributed by atoms with Gasteiger partial charge in [0, 0.05) is 17.1 Å². The zero-order chi connectivity index (χ0) is 4.50. The van der Waals surface area contributed by atoms with Crippen LogP contribution < -0.4 is 0 Å². The fourth-order valence-corrected chi connectivity index (χ4v) is 0. The summed E-state index contributed by atoms with van der Waals surface area (Å²) in [4.78, 5) is 0. The minimum atomic E-state index is -5.25. The Balaban J connectivity index is -0.0000000267. The minimum absolute atomic E-state index is 0. The molecule has 0 radical (unpaired) electrons. The van der Waals surface area contributed by atoms with E-state index in [0.29, 0.717) is 0 Å².